The first-order valence-corrected chi connectivity index (χ1v) is 7.47. The molecule has 0 fully saturated rings. The van der Waals surface area contributed by atoms with Gasteiger partial charge in [-0.25, -0.2) is 0 Å². The number of thioether (sulfide) groups is 1. The molecule has 7 heteroatoms. The van der Waals surface area contributed by atoms with E-state index >= 15 is 0 Å². The molecule has 1 aromatic heterocycles. The largest absolute Gasteiger partial charge is 0.472 e. The van der Waals surface area contributed by atoms with Crippen molar-refractivity contribution in [3.63, 3.8) is 0 Å². The molecule has 1 unspecified atom stereocenters. The number of anilines is 1. The van der Waals surface area contributed by atoms with Crippen LogP contribution in [0.15, 0.2) is 63.5 Å². The Morgan fingerprint density at radius 1 is 1.27 bits per heavy atom. The molecule has 1 amide bonds. The summed E-state index contributed by atoms with van der Waals surface area (Å²) in [7, 11) is 0. The summed E-state index contributed by atoms with van der Waals surface area (Å²) in [6.45, 7) is 0. The van der Waals surface area contributed by atoms with Gasteiger partial charge in [0, 0.05) is 17.7 Å². The molecule has 0 spiro atoms. The summed E-state index contributed by atoms with van der Waals surface area (Å²) < 4.78 is 5.00. The van der Waals surface area contributed by atoms with Crippen molar-refractivity contribution in [1.29, 1.82) is 0 Å². The predicted molar refractivity (Wildman–Crippen MR) is 86.0 cm³/mol. The highest BCUT2D eigenvalue weighted by Crippen LogP contribution is 2.22. The minimum Gasteiger partial charge on any atom is -0.472 e. The van der Waals surface area contributed by atoms with Crippen molar-refractivity contribution in [1.82, 2.24) is 0 Å². The number of amides is 1. The molecule has 1 atom stereocenters. The van der Waals surface area contributed by atoms with Crippen LogP contribution in [-0.4, -0.2) is 27.2 Å². The highest BCUT2D eigenvalue weighted by atomic mass is 32.2. The van der Waals surface area contributed by atoms with E-state index in [0.717, 1.165) is 23.0 Å². The van der Waals surface area contributed by atoms with Crippen molar-refractivity contribution in [3.05, 3.63) is 54.5 Å². The van der Waals surface area contributed by atoms with E-state index in [9.17, 15) is 9.90 Å². The van der Waals surface area contributed by atoms with Gasteiger partial charge in [0.25, 0.3) is 5.91 Å². The van der Waals surface area contributed by atoms with Gasteiger partial charge in [0.15, 0.2) is 5.44 Å². The highest BCUT2D eigenvalue weighted by Gasteiger charge is 2.23. The lowest BCUT2D eigenvalue weighted by Crippen LogP contribution is -2.26. The Hall–Kier alpha value is -2.38. The van der Waals surface area contributed by atoms with Crippen molar-refractivity contribution in [2.75, 3.05) is 5.32 Å². The lowest BCUT2D eigenvalue weighted by atomic mass is 10.2. The number of hydrogen-bond acceptors (Lipinski definition) is 6. The Morgan fingerprint density at radius 2 is 2.09 bits per heavy atom. The predicted octanol–water partition coefficient (Wildman–Crippen LogP) is 2.48. The molecule has 112 valence electrons. The number of rotatable bonds is 4. The SMILES string of the molecule is O=C(Nc1ccccc1)C(O)SC1=NN=C(c2ccoc2)C1. The van der Waals surface area contributed by atoms with Crippen LogP contribution in [0.4, 0.5) is 5.69 Å². The molecule has 2 N–H and O–H groups in total. The van der Waals surface area contributed by atoms with Gasteiger partial charge in [-0.1, -0.05) is 30.0 Å². The monoisotopic (exact) mass is 315 g/mol. The minimum absolute atomic E-state index is 0.472. The van der Waals surface area contributed by atoms with Crippen LogP contribution in [0.25, 0.3) is 0 Å². The van der Waals surface area contributed by atoms with E-state index in [1.807, 2.05) is 6.07 Å². The van der Waals surface area contributed by atoms with E-state index in [2.05, 4.69) is 15.5 Å². The van der Waals surface area contributed by atoms with Crippen LogP contribution < -0.4 is 5.32 Å². The third-order valence-corrected chi connectivity index (χ3v) is 3.90. The molecule has 0 saturated carbocycles. The first-order valence-electron chi connectivity index (χ1n) is 6.59. The van der Waals surface area contributed by atoms with Crippen molar-refractivity contribution >= 4 is 34.1 Å². The Bertz CT molecular complexity index is 711. The molecular weight excluding hydrogens is 302 g/mol. The van der Waals surface area contributed by atoms with E-state index in [4.69, 9.17) is 4.42 Å². The second-order valence-corrected chi connectivity index (χ2v) is 5.71. The molecule has 22 heavy (non-hydrogen) atoms. The molecule has 0 bridgehead atoms. The first-order chi connectivity index (χ1) is 10.7. The van der Waals surface area contributed by atoms with E-state index in [1.54, 1.807) is 42.9 Å². The summed E-state index contributed by atoms with van der Waals surface area (Å²) in [5.41, 5.74) is 1.00. The smallest absolute Gasteiger partial charge is 0.264 e. The van der Waals surface area contributed by atoms with Gasteiger partial charge in [0.05, 0.1) is 18.2 Å². The van der Waals surface area contributed by atoms with Gasteiger partial charge >= 0.3 is 0 Å². The summed E-state index contributed by atoms with van der Waals surface area (Å²) in [5, 5.41) is 21.2. The number of carbonyl (C=O) groups excluding carboxylic acids is 1. The lowest BCUT2D eigenvalue weighted by Gasteiger charge is -2.10. The molecule has 1 aliphatic heterocycles. The molecule has 2 heterocycles. The number of hydrogen-bond donors (Lipinski definition) is 2. The molecule has 0 aliphatic carbocycles. The van der Waals surface area contributed by atoms with Crippen molar-refractivity contribution in [2.24, 2.45) is 10.2 Å². The van der Waals surface area contributed by atoms with Crippen LogP contribution in [0.1, 0.15) is 12.0 Å². The lowest BCUT2D eigenvalue weighted by molar-refractivity contribution is -0.120. The second-order valence-electron chi connectivity index (χ2n) is 4.55. The van der Waals surface area contributed by atoms with Gasteiger partial charge in [0.2, 0.25) is 0 Å². The fourth-order valence-electron chi connectivity index (χ4n) is 1.89. The Labute approximate surface area is 130 Å². The van der Waals surface area contributed by atoms with Gasteiger partial charge in [-0.15, -0.1) is 5.10 Å². The second kappa shape index (κ2) is 6.59. The van der Waals surface area contributed by atoms with Crippen LogP contribution in [0.3, 0.4) is 0 Å². The standard InChI is InChI=1S/C15H13N3O3S/c19-14(16-11-4-2-1-3-5-11)15(20)22-13-8-12(17-18-13)10-6-7-21-9-10/h1-7,9,15,20H,8H2,(H,16,19). The van der Waals surface area contributed by atoms with Crippen LogP contribution >= 0.6 is 11.8 Å². The highest BCUT2D eigenvalue weighted by molar-refractivity contribution is 8.14. The van der Waals surface area contributed by atoms with Crippen molar-refractivity contribution in [2.45, 2.75) is 11.9 Å². The van der Waals surface area contributed by atoms with Crippen molar-refractivity contribution < 1.29 is 14.3 Å². The van der Waals surface area contributed by atoms with Crippen LogP contribution in [0, 0.1) is 0 Å². The number of aliphatic hydroxyl groups excluding tert-OH is 1. The number of furan rings is 1. The Balaban J connectivity index is 1.53. The van der Waals surface area contributed by atoms with Crippen LogP contribution in [-0.2, 0) is 4.79 Å². The molecule has 0 saturated heterocycles. The molecule has 0 radical (unpaired) electrons. The number of carbonyl (C=O) groups is 1. The van der Waals surface area contributed by atoms with Crippen LogP contribution in [0.5, 0.6) is 0 Å². The summed E-state index contributed by atoms with van der Waals surface area (Å²) in [6, 6.07) is 10.8. The number of aliphatic hydroxyl groups is 1. The number of nitrogens with zero attached hydrogens (tertiary/aromatic N) is 2. The summed E-state index contributed by atoms with van der Waals surface area (Å²) in [6.07, 6.45) is 3.62. The molecule has 1 aromatic carbocycles. The average Bonchev–Trinajstić information content (AvgIpc) is 3.19. The number of para-hydroxylation sites is 1. The average molecular weight is 315 g/mol. The minimum atomic E-state index is -1.24. The van der Waals surface area contributed by atoms with Gasteiger partial charge in [-0.2, -0.15) is 5.10 Å². The quantitative estimate of drug-likeness (QED) is 0.849. The Kier molecular flexibility index (Phi) is 4.36. The zero-order valence-electron chi connectivity index (χ0n) is 11.5. The van der Waals surface area contributed by atoms with Gasteiger partial charge < -0.3 is 14.8 Å². The first kappa shape index (κ1) is 14.6. The fourth-order valence-corrected chi connectivity index (χ4v) is 2.62. The molecular formula is C15H13N3O3S. The molecule has 6 nitrogen and oxygen atoms in total. The van der Waals surface area contributed by atoms with Crippen molar-refractivity contribution in [3.8, 4) is 0 Å². The van der Waals surface area contributed by atoms with Gasteiger partial charge in [0.1, 0.15) is 5.04 Å². The van der Waals surface area contributed by atoms with E-state index in [0.29, 0.717) is 17.2 Å². The topological polar surface area (TPSA) is 87.2 Å². The molecule has 1 aliphatic rings. The summed E-state index contributed by atoms with van der Waals surface area (Å²) in [4.78, 5) is 11.9. The molecule has 2 aromatic rings. The zero-order valence-corrected chi connectivity index (χ0v) is 12.3. The molecule has 3 rings (SSSR count). The maximum Gasteiger partial charge on any atom is 0.264 e. The third kappa shape index (κ3) is 3.44. The van der Waals surface area contributed by atoms with E-state index in [1.165, 1.54) is 0 Å². The van der Waals surface area contributed by atoms with Gasteiger partial charge in [-0.05, 0) is 18.2 Å². The third-order valence-electron chi connectivity index (χ3n) is 2.97. The maximum atomic E-state index is 11.9. The van der Waals surface area contributed by atoms with Crippen LogP contribution in [0.2, 0.25) is 0 Å². The Morgan fingerprint density at radius 3 is 2.82 bits per heavy atom. The zero-order chi connectivity index (χ0) is 15.4. The number of nitrogens with one attached hydrogen (secondary N) is 1. The maximum absolute atomic E-state index is 11.9. The van der Waals surface area contributed by atoms with E-state index in [-0.39, 0.29) is 0 Å². The summed E-state index contributed by atoms with van der Waals surface area (Å²) in [5.74, 6) is -0.490. The fraction of sp³-hybridized carbons (Fsp3) is 0.133. The number of benzene rings is 1. The van der Waals surface area contributed by atoms with E-state index < -0.39 is 11.3 Å². The summed E-state index contributed by atoms with van der Waals surface area (Å²) >= 11 is 0.984. The normalized spacial score (nSPS) is 15.1. The van der Waals surface area contributed by atoms with Gasteiger partial charge in [-0.3, -0.25) is 4.79 Å².